The lowest BCUT2D eigenvalue weighted by atomic mass is 10.6. The van der Waals surface area contributed by atoms with Gasteiger partial charge >= 0.3 is 12.1 Å². The molecule has 0 unspecified atom stereocenters. The molecule has 0 saturated heterocycles. The van der Waals surface area contributed by atoms with E-state index in [0.717, 1.165) is 0 Å². The van der Waals surface area contributed by atoms with Crippen LogP contribution in [0.3, 0.4) is 0 Å². The van der Waals surface area contributed by atoms with Crippen LogP contribution in [0, 0.1) is 0 Å². The predicted octanol–water partition coefficient (Wildman–Crippen LogP) is -0.300. The van der Waals surface area contributed by atoms with Crippen LogP contribution >= 0.6 is 0 Å². The number of tetrazole rings is 1. The summed E-state index contributed by atoms with van der Waals surface area (Å²) in [6.45, 7) is 0. The van der Waals surface area contributed by atoms with Gasteiger partial charge in [-0.25, -0.2) is 0 Å². The second kappa shape index (κ2) is 2.75. The number of carbonyl (C=O) groups excluding carboxylic acids is 1. The lowest BCUT2D eigenvalue weighted by Gasteiger charge is -2.02. The third-order valence-corrected chi connectivity index (χ3v) is 0.828. The van der Waals surface area contributed by atoms with Gasteiger partial charge < -0.3 is 0 Å². The highest BCUT2D eigenvalue weighted by Gasteiger charge is 2.39. The number of nitrogens with one attached hydrogen (secondary N) is 2. The van der Waals surface area contributed by atoms with Gasteiger partial charge in [0.2, 0.25) is 0 Å². The maximum atomic E-state index is 11.5. The summed E-state index contributed by atoms with van der Waals surface area (Å²) in [5, 5.41) is 12.4. The maximum absolute atomic E-state index is 11.5. The van der Waals surface area contributed by atoms with E-state index in [2.05, 4.69) is 15.4 Å². The minimum atomic E-state index is -4.94. The molecule has 0 aliphatic heterocycles. The first-order chi connectivity index (χ1) is 5.50. The number of aromatic amines is 1. The van der Waals surface area contributed by atoms with Crippen molar-refractivity contribution < 1.29 is 18.0 Å². The number of carbonyl (C=O) groups is 1. The van der Waals surface area contributed by atoms with Crippen LogP contribution < -0.4 is 5.32 Å². The molecule has 12 heavy (non-hydrogen) atoms. The fourth-order valence-electron chi connectivity index (χ4n) is 0.387. The van der Waals surface area contributed by atoms with Crippen LogP contribution in [0.4, 0.5) is 19.1 Å². The van der Waals surface area contributed by atoms with E-state index in [9.17, 15) is 18.0 Å². The Bertz CT molecular complexity index is 266. The van der Waals surface area contributed by atoms with Gasteiger partial charge in [0.25, 0.3) is 5.95 Å². The van der Waals surface area contributed by atoms with E-state index in [0.29, 0.717) is 0 Å². The zero-order valence-corrected chi connectivity index (χ0v) is 5.38. The molecule has 66 valence electrons. The molecule has 0 bridgehead atoms. The van der Waals surface area contributed by atoms with Gasteiger partial charge in [-0.2, -0.15) is 18.4 Å². The van der Waals surface area contributed by atoms with Gasteiger partial charge in [-0.1, -0.05) is 5.10 Å². The topological polar surface area (TPSA) is 83.6 Å². The van der Waals surface area contributed by atoms with Crippen molar-refractivity contribution in [3.05, 3.63) is 0 Å². The summed E-state index contributed by atoms with van der Waals surface area (Å²) in [5.41, 5.74) is 0. The minimum Gasteiger partial charge on any atom is -0.284 e. The molecule has 0 radical (unpaired) electrons. The molecule has 0 atom stereocenters. The molecule has 1 aromatic rings. The van der Waals surface area contributed by atoms with Crippen LogP contribution in [-0.4, -0.2) is 32.7 Å². The van der Waals surface area contributed by atoms with Gasteiger partial charge in [0.1, 0.15) is 0 Å². The number of halogens is 3. The van der Waals surface area contributed by atoms with Crippen molar-refractivity contribution in [1.82, 2.24) is 20.6 Å². The molecule has 2 N–H and O–H groups in total. The van der Waals surface area contributed by atoms with Crippen molar-refractivity contribution in [2.75, 3.05) is 5.32 Å². The molecule has 0 aliphatic rings. The normalized spacial score (nSPS) is 11.2. The molecule has 1 heterocycles. The first kappa shape index (κ1) is 8.43. The Balaban J connectivity index is 2.60. The number of aromatic nitrogens is 4. The lowest BCUT2D eigenvalue weighted by molar-refractivity contribution is -0.167. The van der Waals surface area contributed by atoms with Crippen LogP contribution in [-0.2, 0) is 4.79 Å². The quantitative estimate of drug-likeness (QED) is 0.622. The summed E-state index contributed by atoms with van der Waals surface area (Å²) in [7, 11) is 0. The van der Waals surface area contributed by atoms with Crippen LogP contribution in [0.5, 0.6) is 0 Å². The predicted molar refractivity (Wildman–Crippen MR) is 28.9 cm³/mol. The molecular weight excluding hydrogens is 179 g/mol. The molecular formula is C3H2F3N5O. The van der Waals surface area contributed by atoms with E-state index in [1.165, 1.54) is 5.32 Å². The van der Waals surface area contributed by atoms with Crippen molar-refractivity contribution in [2.24, 2.45) is 0 Å². The highest BCUT2D eigenvalue weighted by atomic mass is 19.4. The Kier molecular flexibility index (Phi) is 1.93. The van der Waals surface area contributed by atoms with E-state index in [1.54, 1.807) is 0 Å². The Labute approximate surface area is 63.1 Å². The number of nitrogens with zero attached hydrogens (tertiary/aromatic N) is 3. The number of rotatable bonds is 1. The van der Waals surface area contributed by atoms with Gasteiger partial charge in [0, 0.05) is 0 Å². The van der Waals surface area contributed by atoms with Crippen LogP contribution in [0.25, 0.3) is 0 Å². The van der Waals surface area contributed by atoms with Gasteiger partial charge in [-0.15, -0.1) is 5.10 Å². The van der Waals surface area contributed by atoms with Crippen molar-refractivity contribution in [1.29, 1.82) is 0 Å². The second-order valence-electron chi connectivity index (χ2n) is 1.69. The molecule has 0 fully saturated rings. The molecule has 0 aromatic carbocycles. The summed E-state index contributed by atoms with van der Waals surface area (Å²) in [6, 6.07) is 0. The van der Waals surface area contributed by atoms with Gasteiger partial charge in [-0.3, -0.25) is 10.1 Å². The van der Waals surface area contributed by atoms with Crippen molar-refractivity contribution >= 4 is 11.9 Å². The van der Waals surface area contributed by atoms with Crippen LogP contribution in [0.15, 0.2) is 0 Å². The largest absolute Gasteiger partial charge is 0.471 e. The third-order valence-electron chi connectivity index (χ3n) is 0.828. The van der Waals surface area contributed by atoms with E-state index < -0.39 is 18.0 Å². The molecule has 0 saturated carbocycles. The van der Waals surface area contributed by atoms with E-state index in [1.807, 2.05) is 5.21 Å². The van der Waals surface area contributed by atoms with Crippen LogP contribution in [0.2, 0.25) is 0 Å². The standard InChI is InChI=1S/C3H2F3N5O/c4-3(5,6)1(12)7-2-8-10-11-9-2/h(H2,7,8,9,10,11,12). The van der Waals surface area contributed by atoms with Crippen molar-refractivity contribution in [3.8, 4) is 0 Å². The average molecular weight is 181 g/mol. The monoisotopic (exact) mass is 181 g/mol. The number of amides is 1. The van der Waals surface area contributed by atoms with Crippen molar-refractivity contribution in [2.45, 2.75) is 6.18 Å². The lowest BCUT2D eigenvalue weighted by Crippen LogP contribution is -2.30. The Hall–Kier alpha value is -1.67. The maximum Gasteiger partial charge on any atom is 0.471 e. The Morgan fingerprint density at radius 1 is 1.50 bits per heavy atom. The summed E-state index contributed by atoms with van der Waals surface area (Å²) in [4.78, 5) is 10.2. The molecule has 0 spiro atoms. The van der Waals surface area contributed by atoms with Crippen LogP contribution in [0.1, 0.15) is 0 Å². The SMILES string of the molecule is O=C(Nc1nn[nH]n1)C(F)(F)F. The molecule has 1 amide bonds. The molecule has 9 heteroatoms. The van der Waals surface area contributed by atoms with Crippen molar-refractivity contribution in [3.63, 3.8) is 0 Å². The van der Waals surface area contributed by atoms with Gasteiger partial charge in [0.15, 0.2) is 0 Å². The number of hydrogen-bond acceptors (Lipinski definition) is 4. The fraction of sp³-hybridized carbons (Fsp3) is 0.333. The fourth-order valence-corrected chi connectivity index (χ4v) is 0.387. The molecule has 1 rings (SSSR count). The third kappa shape index (κ3) is 1.90. The van der Waals surface area contributed by atoms with E-state index in [-0.39, 0.29) is 0 Å². The summed E-state index contributed by atoms with van der Waals surface area (Å²) in [5.74, 6) is -2.65. The summed E-state index contributed by atoms with van der Waals surface area (Å²) < 4.78 is 34.6. The second-order valence-corrected chi connectivity index (χ2v) is 1.69. The Morgan fingerprint density at radius 3 is 2.58 bits per heavy atom. The van der Waals surface area contributed by atoms with Gasteiger partial charge in [-0.05, 0) is 5.21 Å². The highest BCUT2D eigenvalue weighted by molar-refractivity contribution is 5.93. The zero-order chi connectivity index (χ0) is 9.19. The summed E-state index contributed by atoms with van der Waals surface area (Å²) >= 11 is 0. The molecule has 0 aliphatic carbocycles. The first-order valence-electron chi connectivity index (χ1n) is 2.62. The molecule has 1 aromatic heterocycles. The average Bonchev–Trinajstić information content (AvgIpc) is 2.37. The zero-order valence-electron chi connectivity index (χ0n) is 5.38. The smallest absolute Gasteiger partial charge is 0.284 e. The first-order valence-corrected chi connectivity index (χ1v) is 2.62. The van der Waals surface area contributed by atoms with Gasteiger partial charge in [0.05, 0.1) is 0 Å². The van der Waals surface area contributed by atoms with E-state index >= 15 is 0 Å². The number of hydrogen-bond donors (Lipinski definition) is 2. The molecule has 6 nitrogen and oxygen atoms in total. The minimum absolute atomic E-state index is 0.516. The highest BCUT2D eigenvalue weighted by Crippen LogP contribution is 2.15. The number of alkyl halides is 3. The van der Waals surface area contributed by atoms with E-state index in [4.69, 9.17) is 0 Å². The number of H-pyrrole nitrogens is 1. The number of anilines is 1. The summed E-state index contributed by atoms with van der Waals surface area (Å²) in [6.07, 6.45) is -4.94. The Morgan fingerprint density at radius 2 is 2.17 bits per heavy atom.